The number of hydrogen-bond acceptors (Lipinski definition) is 5. The highest BCUT2D eigenvalue weighted by atomic mass is 19.4. The Kier molecular flexibility index (Phi) is 4.51. The molecule has 0 atom stereocenters. The highest BCUT2D eigenvalue weighted by molar-refractivity contribution is 5.77. The zero-order chi connectivity index (χ0) is 19.7. The van der Waals surface area contributed by atoms with Gasteiger partial charge >= 0.3 is 6.18 Å². The number of nitrogens with zero attached hydrogens (tertiary/aromatic N) is 5. The fraction of sp³-hybridized carbons (Fsp3) is 0.250. The summed E-state index contributed by atoms with van der Waals surface area (Å²) < 4.78 is 38.9. The minimum atomic E-state index is -4.36. The van der Waals surface area contributed by atoms with Gasteiger partial charge in [0.1, 0.15) is 6.07 Å². The molecule has 0 saturated carbocycles. The number of nitriles is 1. The molecule has 0 radical (unpaired) electrons. The van der Waals surface area contributed by atoms with Crippen LogP contribution in [-0.4, -0.2) is 36.1 Å². The molecule has 0 aliphatic carbocycles. The Bertz CT molecular complexity index is 1050. The molecule has 2 heterocycles. The number of halogens is 3. The molecular weight excluding hydrogens is 367 g/mol. The van der Waals surface area contributed by atoms with Gasteiger partial charge in [0.25, 0.3) is 0 Å². The third-order valence-electron chi connectivity index (χ3n) is 4.78. The number of alkyl halides is 3. The van der Waals surface area contributed by atoms with Crippen LogP contribution in [0.15, 0.2) is 48.5 Å². The van der Waals surface area contributed by atoms with Crippen LogP contribution in [0.1, 0.15) is 11.3 Å². The SMILES string of the molecule is N#Cc1nc2ccccc2nc1N1CCN(c2cccc(C(F)(F)F)c2)CC1. The van der Waals surface area contributed by atoms with E-state index < -0.39 is 11.7 Å². The van der Waals surface area contributed by atoms with E-state index in [-0.39, 0.29) is 5.69 Å². The molecule has 4 rings (SSSR count). The second-order valence-corrected chi connectivity index (χ2v) is 6.52. The van der Waals surface area contributed by atoms with Gasteiger partial charge in [-0.1, -0.05) is 18.2 Å². The first-order chi connectivity index (χ1) is 13.5. The van der Waals surface area contributed by atoms with Crippen LogP contribution in [0.4, 0.5) is 24.7 Å². The summed E-state index contributed by atoms with van der Waals surface area (Å²) in [6.45, 7) is 2.14. The van der Waals surface area contributed by atoms with E-state index in [2.05, 4.69) is 16.0 Å². The number of piperazine rings is 1. The maximum Gasteiger partial charge on any atom is 0.416 e. The first-order valence-corrected chi connectivity index (χ1v) is 8.80. The lowest BCUT2D eigenvalue weighted by Crippen LogP contribution is -2.47. The average Bonchev–Trinajstić information content (AvgIpc) is 2.72. The van der Waals surface area contributed by atoms with Crippen LogP contribution in [0.3, 0.4) is 0 Å². The summed E-state index contributed by atoms with van der Waals surface area (Å²) in [6, 6.07) is 14.8. The predicted octanol–water partition coefficient (Wildman–Crippen LogP) is 3.85. The molecule has 1 aliphatic rings. The summed E-state index contributed by atoms with van der Waals surface area (Å²) in [4.78, 5) is 12.8. The molecule has 5 nitrogen and oxygen atoms in total. The van der Waals surface area contributed by atoms with Gasteiger partial charge in [-0.3, -0.25) is 0 Å². The quantitative estimate of drug-likeness (QED) is 0.673. The van der Waals surface area contributed by atoms with Gasteiger partial charge in [-0.25, -0.2) is 9.97 Å². The van der Waals surface area contributed by atoms with Crippen molar-refractivity contribution < 1.29 is 13.2 Å². The molecule has 0 N–H and O–H groups in total. The van der Waals surface area contributed by atoms with Crippen molar-refractivity contribution in [3.63, 3.8) is 0 Å². The minimum absolute atomic E-state index is 0.256. The number of para-hydroxylation sites is 2. The Morgan fingerprint density at radius 1 is 0.857 bits per heavy atom. The van der Waals surface area contributed by atoms with E-state index in [1.807, 2.05) is 28.0 Å². The van der Waals surface area contributed by atoms with Gasteiger partial charge in [0.15, 0.2) is 11.5 Å². The molecule has 0 bridgehead atoms. The highest BCUT2D eigenvalue weighted by Crippen LogP contribution is 2.32. The number of rotatable bonds is 2. The highest BCUT2D eigenvalue weighted by Gasteiger charge is 2.31. The molecule has 1 aliphatic heterocycles. The van der Waals surface area contributed by atoms with Gasteiger partial charge in [0.2, 0.25) is 0 Å². The molecule has 28 heavy (non-hydrogen) atoms. The minimum Gasteiger partial charge on any atom is -0.368 e. The van der Waals surface area contributed by atoms with Crippen LogP contribution in [-0.2, 0) is 6.18 Å². The lowest BCUT2D eigenvalue weighted by atomic mass is 10.1. The maximum atomic E-state index is 13.0. The van der Waals surface area contributed by atoms with Crippen molar-refractivity contribution in [2.24, 2.45) is 0 Å². The maximum absolute atomic E-state index is 13.0. The van der Waals surface area contributed by atoms with E-state index >= 15 is 0 Å². The number of aromatic nitrogens is 2. The summed E-state index contributed by atoms with van der Waals surface area (Å²) in [6.07, 6.45) is -4.36. The van der Waals surface area contributed by atoms with Crippen molar-refractivity contribution in [1.29, 1.82) is 5.26 Å². The molecule has 3 aromatic rings. The molecular formula is C20H16F3N5. The van der Waals surface area contributed by atoms with Gasteiger partial charge in [-0.05, 0) is 30.3 Å². The van der Waals surface area contributed by atoms with Crippen molar-refractivity contribution in [3.05, 3.63) is 59.8 Å². The average molecular weight is 383 g/mol. The fourth-order valence-electron chi connectivity index (χ4n) is 3.34. The number of benzene rings is 2. The lowest BCUT2D eigenvalue weighted by Gasteiger charge is -2.37. The first-order valence-electron chi connectivity index (χ1n) is 8.80. The largest absolute Gasteiger partial charge is 0.416 e. The van der Waals surface area contributed by atoms with Crippen molar-refractivity contribution in [1.82, 2.24) is 9.97 Å². The van der Waals surface area contributed by atoms with E-state index in [0.717, 1.165) is 6.07 Å². The molecule has 0 amide bonds. The lowest BCUT2D eigenvalue weighted by molar-refractivity contribution is -0.137. The van der Waals surface area contributed by atoms with Gasteiger partial charge < -0.3 is 9.80 Å². The van der Waals surface area contributed by atoms with Gasteiger partial charge in [0, 0.05) is 31.9 Å². The monoisotopic (exact) mass is 383 g/mol. The van der Waals surface area contributed by atoms with Crippen LogP contribution in [0.2, 0.25) is 0 Å². The van der Waals surface area contributed by atoms with Crippen LogP contribution in [0.25, 0.3) is 11.0 Å². The Labute approximate surface area is 159 Å². The van der Waals surface area contributed by atoms with Gasteiger partial charge in [-0.2, -0.15) is 18.4 Å². The van der Waals surface area contributed by atoms with Crippen molar-refractivity contribution >= 4 is 22.5 Å². The number of hydrogen-bond donors (Lipinski definition) is 0. The molecule has 142 valence electrons. The molecule has 2 aromatic carbocycles. The summed E-state index contributed by atoms with van der Waals surface area (Å²) in [5.74, 6) is 0.518. The summed E-state index contributed by atoms with van der Waals surface area (Å²) in [5.41, 5.74) is 1.51. The predicted molar refractivity (Wildman–Crippen MR) is 100 cm³/mol. The normalized spacial score (nSPS) is 14.9. The zero-order valence-corrected chi connectivity index (χ0v) is 14.8. The second-order valence-electron chi connectivity index (χ2n) is 6.52. The molecule has 0 unspecified atom stereocenters. The Hall–Kier alpha value is -3.34. The smallest absolute Gasteiger partial charge is 0.368 e. The van der Waals surface area contributed by atoms with E-state index in [1.165, 1.54) is 12.1 Å². The first kappa shape index (κ1) is 18.0. The molecule has 1 saturated heterocycles. The zero-order valence-electron chi connectivity index (χ0n) is 14.8. The molecule has 1 aromatic heterocycles. The van der Waals surface area contributed by atoms with Crippen LogP contribution < -0.4 is 9.80 Å². The van der Waals surface area contributed by atoms with E-state index in [0.29, 0.717) is 48.7 Å². The standard InChI is InChI=1S/C20H16F3N5/c21-20(22,23)14-4-3-5-15(12-14)27-8-10-28(11-9-27)19-18(13-24)25-16-6-1-2-7-17(16)26-19/h1-7,12H,8-11H2. The molecule has 8 heteroatoms. The van der Waals surface area contributed by atoms with E-state index in [4.69, 9.17) is 0 Å². The van der Waals surface area contributed by atoms with Crippen molar-refractivity contribution in [2.75, 3.05) is 36.0 Å². The summed E-state index contributed by atoms with van der Waals surface area (Å²) in [5, 5.41) is 9.45. The molecule has 0 spiro atoms. The van der Waals surface area contributed by atoms with E-state index in [1.54, 1.807) is 12.1 Å². The summed E-state index contributed by atoms with van der Waals surface area (Å²) >= 11 is 0. The van der Waals surface area contributed by atoms with E-state index in [9.17, 15) is 18.4 Å². The van der Waals surface area contributed by atoms with Gasteiger partial charge in [-0.15, -0.1) is 0 Å². The summed E-state index contributed by atoms with van der Waals surface area (Å²) in [7, 11) is 0. The fourth-order valence-corrected chi connectivity index (χ4v) is 3.34. The van der Waals surface area contributed by atoms with Crippen LogP contribution >= 0.6 is 0 Å². The number of anilines is 2. The Morgan fingerprint density at radius 2 is 1.50 bits per heavy atom. The topological polar surface area (TPSA) is 56.1 Å². The van der Waals surface area contributed by atoms with Crippen molar-refractivity contribution in [2.45, 2.75) is 6.18 Å². The molecule has 1 fully saturated rings. The van der Waals surface area contributed by atoms with Crippen molar-refractivity contribution in [3.8, 4) is 6.07 Å². The van der Waals surface area contributed by atoms with Gasteiger partial charge in [0.05, 0.1) is 16.6 Å². The Morgan fingerprint density at radius 3 is 2.14 bits per heavy atom. The Balaban J connectivity index is 1.55. The van der Waals surface area contributed by atoms with Crippen LogP contribution in [0, 0.1) is 11.3 Å². The third-order valence-corrected chi connectivity index (χ3v) is 4.78. The second kappa shape index (κ2) is 7.00. The third kappa shape index (κ3) is 3.43. The van der Waals surface area contributed by atoms with Crippen LogP contribution in [0.5, 0.6) is 0 Å². The number of fused-ring (bicyclic) bond motifs is 1.